The normalized spacial score (nSPS) is 14.8. The van der Waals surface area contributed by atoms with Crippen LogP contribution >= 0.6 is 0 Å². The minimum absolute atomic E-state index is 0.00551. The van der Waals surface area contributed by atoms with Gasteiger partial charge in [-0.05, 0) is 87.3 Å². The zero-order chi connectivity index (χ0) is 20.8. The summed E-state index contributed by atoms with van der Waals surface area (Å²) in [6.45, 7) is 5.78. The molecule has 0 saturated carbocycles. The monoisotopic (exact) mass is 390 g/mol. The molecule has 6 heteroatoms. The van der Waals surface area contributed by atoms with Gasteiger partial charge in [0.15, 0.2) is 0 Å². The van der Waals surface area contributed by atoms with Gasteiger partial charge in [0.2, 0.25) is 11.8 Å². The smallest absolute Gasteiger partial charge is 0.238 e. The van der Waals surface area contributed by atoms with Crippen LogP contribution in [0.1, 0.15) is 29.5 Å². The lowest BCUT2D eigenvalue weighted by atomic mass is 9.95. The van der Waals surface area contributed by atoms with Gasteiger partial charge in [0.25, 0.3) is 0 Å². The van der Waals surface area contributed by atoms with Crippen molar-refractivity contribution in [2.24, 2.45) is 5.92 Å². The van der Waals surface area contributed by atoms with E-state index >= 15 is 0 Å². The Morgan fingerprint density at radius 2 is 1.62 bits per heavy atom. The summed E-state index contributed by atoms with van der Waals surface area (Å²) < 4.78 is 0. The molecular weight excluding hydrogens is 364 g/mol. The first-order chi connectivity index (χ1) is 13.9. The number of likely N-dealkylation sites (tertiary alicyclic amines) is 1. The van der Waals surface area contributed by atoms with Crippen molar-refractivity contribution < 1.29 is 9.59 Å². The summed E-state index contributed by atoms with van der Waals surface area (Å²) in [5.74, 6) is -0.103. The van der Waals surface area contributed by atoms with Gasteiger partial charge in [-0.15, -0.1) is 0 Å². The quantitative estimate of drug-likeness (QED) is 0.819. The SMILES string of the molecule is Cc1cc(C)cc(NC(=O)CN2CCC(C(=O)Nc3ccc(C#N)cc3)CC2)c1. The number of nitrogens with zero attached hydrogens (tertiary/aromatic N) is 2. The molecule has 6 nitrogen and oxygen atoms in total. The van der Waals surface area contributed by atoms with E-state index in [9.17, 15) is 9.59 Å². The fourth-order valence-corrected chi connectivity index (χ4v) is 3.68. The first-order valence-electron chi connectivity index (χ1n) is 9.84. The molecule has 1 aliphatic rings. The molecule has 1 saturated heterocycles. The molecule has 0 unspecified atom stereocenters. The third-order valence-corrected chi connectivity index (χ3v) is 5.11. The van der Waals surface area contributed by atoms with Crippen molar-refractivity contribution in [2.75, 3.05) is 30.3 Å². The van der Waals surface area contributed by atoms with E-state index in [1.54, 1.807) is 24.3 Å². The second kappa shape index (κ2) is 9.35. The topological polar surface area (TPSA) is 85.2 Å². The van der Waals surface area contributed by atoms with Crippen molar-refractivity contribution in [3.8, 4) is 6.07 Å². The highest BCUT2D eigenvalue weighted by atomic mass is 16.2. The minimum Gasteiger partial charge on any atom is -0.326 e. The molecule has 29 heavy (non-hydrogen) atoms. The lowest BCUT2D eigenvalue weighted by molar-refractivity contribution is -0.121. The molecule has 2 N–H and O–H groups in total. The second-order valence-electron chi connectivity index (χ2n) is 7.65. The van der Waals surface area contributed by atoms with E-state index in [-0.39, 0.29) is 17.7 Å². The van der Waals surface area contributed by atoms with Crippen molar-refractivity contribution in [3.05, 3.63) is 59.2 Å². The summed E-state index contributed by atoms with van der Waals surface area (Å²) >= 11 is 0. The van der Waals surface area contributed by atoms with Gasteiger partial charge in [-0.1, -0.05) is 6.07 Å². The Balaban J connectivity index is 1.45. The van der Waals surface area contributed by atoms with Crippen LogP contribution in [0.2, 0.25) is 0 Å². The molecule has 1 fully saturated rings. The molecular formula is C23H26N4O2. The van der Waals surface area contributed by atoms with Gasteiger partial charge in [-0.3, -0.25) is 14.5 Å². The number of piperidine rings is 1. The lowest BCUT2D eigenvalue weighted by Gasteiger charge is -2.30. The average Bonchev–Trinajstić information content (AvgIpc) is 2.68. The maximum atomic E-state index is 12.5. The molecule has 1 heterocycles. The van der Waals surface area contributed by atoms with Gasteiger partial charge in [0, 0.05) is 17.3 Å². The summed E-state index contributed by atoms with van der Waals surface area (Å²) in [7, 11) is 0. The van der Waals surface area contributed by atoms with Crippen molar-refractivity contribution >= 4 is 23.2 Å². The van der Waals surface area contributed by atoms with Crippen molar-refractivity contribution in [3.63, 3.8) is 0 Å². The number of amides is 2. The largest absolute Gasteiger partial charge is 0.326 e. The molecule has 0 radical (unpaired) electrons. The Morgan fingerprint density at radius 1 is 1.00 bits per heavy atom. The number of aryl methyl sites for hydroxylation is 2. The third-order valence-electron chi connectivity index (χ3n) is 5.11. The van der Waals surface area contributed by atoms with Crippen LogP contribution in [0.5, 0.6) is 0 Å². The number of benzene rings is 2. The summed E-state index contributed by atoms with van der Waals surface area (Å²) in [6, 6.07) is 14.9. The Kier molecular flexibility index (Phi) is 6.63. The minimum atomic E-state index is -0.0654. The Bertz CT molecular complexity index is 903. The molecule has 3 rings (SSSR count). The average molecular weight is 390 g/mol. The summed E-state index contributed by atoms with van der Waals surface area (Å²) in [6.07, 6.45) is 1.44. The molecule has 2 aromatic carbocycles. The van der Waals surface area contributed by atoms with Crippen LogP contribution < -0.4 is 10.6 Å². The van der Waals surface area contributed by atoms with Crippen molar-refractivity contribution in [1.29, 1.82) is 5.26 Å². The van der Waals surface area contributed by atoms with Crippen LogP contribution in [-0.2, 0) is 9.59 Å². The van der Waals surface area contributed by atoms with Gasteiger partial charge in [-0.25, -0.2) is 0 Å². The highest BCUT2D eigenvalue weighted by Crippen LogP contribution is 2.20. The number of anilines is 2. The number of carbonyl (C=O) groups excluding carboxylic acids is 2. The number of nitrogens with one attached hydrogen (secondary N) is 2. The fraction of sp³-hybridized carbons (Fsp3) is 0.348. The first kappa shape index (κ1) is 20.6. The van der Waals surface area contributed by atoms with Crippen LogP contribution in [0.3, 0.4) is 0 Å². The van der Waals surface area contributed by atoms with Gasteiger partial charge < -0.3 is 10.6 Å². The molecule has 150 valence electrons. The fourth-order valence-electron chi connectivity index (χ4n) is 3.68. The molecule has 0 spiro atoms. The van der Waals surface area contributed by atoms with Gasteiger partial charge in [-0.2, -0.15) is 5.26 Å². The third kappa shape index (κ3) is 5.90. The standard InChI is InChI=1S/C23H26N4O2/c1-16-11-17(2)13-21(12-16)25-22(28)15-27-9-7-19(8-10-27)23(29)26-20-5-3-18(14-24)4-6-20/h3-6,11-13,19H,7-10,15H2,1-2H3,(H,25,28)(H,26,29). The molecule has 0 aliphatic carbocycles. The predicted molar refractivity (Wildman–Crippen MR) is 113 cm³/mol. The Hall–Kier alpha value is -3.17. The number of nitriles is 1. The molecule has 0 aromatic heterocycles. The Morgan fingerprint density at radius 3 is 2.21 bits per heavy atom. The lowest BCUT2D eigenvalue weighted by Crippen LogP contribution is -2.41. The van der Waals surface area contributed by atoms with E-state index in [4.69, 9.17) is 5.26 Å². The molecule has 2 amide bonds. The summed E-state index contributed by atoms with van der Waals surface area (Å²) in [4.78, 5) is 26.9. The predicted octanol–water partition coefficient (Wildman–Crippen LogP) is 3.46. The van der Waals surface area contributed by atoms with Gasteiger partial charge in [0.05, 0.1) is 18.2 Å². The molecule has 0 atom stereocenters. The maximum Gasteiger partial charge on any atom is 0.238 e. The highest BCUT2D eigenvalue weighted by Gasteiger charge is 2.26. The zero-order valence-corrected chi connectivity index (χ0v) is 16.9. The van der Waals surface area contributed by atoms with Crippen LogP contribution in [0, 0.1) is 31.1 Å². The number of rotatable bonds is 5. The van der Waals surface area contributed by atoms with Crippen LogP contribution in [0.25, 0.3) is 0 Å². The summed E-state index contributed by atoms with van der Waals surface area (Å²) in [5, 5.41) is 14.7. The highest BCUT2D eigenvalue weighted by molar-refractivity contribution is 5.93. The van der Waals surface area contributed by atoms with Crippen LogP contribution in [0.15, 0.2) is 42.5 Å². The number of carbonyl (C=O) groups is 2. The van der Waals surface area contributed by atoms with E-state index < -0.39 is 0 Å². The van der Waals surface area contributed by atoms with E-state index in [0.717, 1.165) is 29.7 Å². The van der Waals surface area contributed by atoms with Gasteiger partial charge in [0.1, 0.15) is 0 Å². The van der Waals surface area contributed by atoms with Gasteiger partial charge >= 0.3 is 0 Å². The van der Waals surface area contributed by atoms with Crippen LogP contribution in [0.4, 0.5) is 11.4 Å². The van der Waals surface area contributed by atoms with E-state index in [2.05, 4.69) is 27.7 Å². The Labute approximate surface area is 171 Å². The molecule has 1 aliphatic heterocycles. The zero-order valence-electron chi connectivity index (χ0n) is 16.9. The maximum absolute atomic E-state index is 12.5. The number of hydrogen-bond donors (Lipinski definition) is 2. The van der Waals surface area contributed by atoms with Crippen molar-refractivity contribution in [2.45, 2.75) is 26.7 Å². The summed E-state index contributed by atoms with van der Waals surface area (Å²) in [5.41, 5.74) is 4.33. The van der Waals surface area contributed by atoms with E-state index in [1.165, 1.54) is 0 Å². The van der Waals surface area contributed by atoms with Crippen molar-refractivity contribution in [1.82, 2.24) is 4.90 Å². The molecule has 2 aromatic rings. The number of hydrogen-bond acceptors (Lipinski definition) is 4. The van der Waals surface area contributed by atoms with Crippen LogP contribution in [-0.4, -0.2) is 36.3 Å². The first-order valence-corrected chi connectivity index (χ1v) is 9.84. The van der Waals surface area contributed by atoms with E-state index in [0.29, 0.717) is 30.9 Å². The molecule has 0 bridgehead atoms. The van der Waals surface area contributed by atoms with E-state index in [1.807, 2.05) is 26.0 Å². The second-order valence-corrected chi connectivity index (χ2v) is 7.65.